The molecule has 0 atom stereocenters. The van der Waals surface area contributed by atoms with Crippen LogP contribution < -0.4 is 0 Å². The Hall–Kier alpha value is -0.680. The van der Waals surface area contributed by atoms with Crippen molar-refractivity contribution in [2.45, 2.75) is 0 Å². The lowest BCUT2D eigenvalue weighted by Gasteiger charge is -2.10. The van der Waals surface area contributed by atoms with Crippen molar-refractivity contribution in [3.63, 3.8) is 0 Å². The first-order valence-electron chi connectivity index (χ1n) is 2.28. The van der Waals surface area contributed by atoms with Gasteiger partial charge in [0.1, 0.15) is 9.12 Å². The highest BCUT2D eigenvalue weighted by molar-refractivity contribution is 7.00. The van der Waals surface area contributed by atoms with Crippen molar-refractivity contribution in [3.05, 3.63) is 24.3 Å². The van der Waals surface area contributed by atoms with E-state index in [-0.39, 0.29) is 0 Å². The van der Waals surface area contributed by atoms with E-state index >= 15 is 0 Å². The van der Waals surface area contributed by atoms with E-state index in [0.717, 1.165) is 0 Å². The number of hydrogen-bond acceptors (Lipinski definition) is 1. The summed E-state index contributed by atoms with van der Waals surface area (Å²) in [5.74, 6) is 0. The van der Waals surface area contributed by atoms with Gasteiger partial charge < -0.3 is 0 Å². The fourth-order valence-electron chi connectivity index (χ4n) is 0.663. The molecule has 0 aromatic carbocycles. The summed E-state index contributed by atoms with van der Waals surface area (Å²) >= 11 is 0. The molecule has 2 heteroatoms. The third-order valence-corrected chi connectivity index (χ3v) is 1.22. The van der Waals surface area contributed by atoms with Crippen LogP contribution in [-0.4, -0.2) is 0 Å². The molecular weight excluding hydrogens is 119 g/mol. The van der Waals surface area contributed by atoms with Crippen molar-refractivity contribution in [2.75, 3.05) is 0 Å². The molecule has 8 heavy (non-hydrogen) atoms. The van der Waals surface area contributed by atoms with Gasteiger partial charge in [-0.15, -0.1) is 0 Å². The first kappa shape index (κ1) is 5.46. The molecule has 0 aromatic heterocycles. The molecule has 0 aromatic rings. The first-order valence-corrected chi connectivity index (χ1v) is 2.68. The summed E-state index contributed by atoms with van der Waals surface area (Å²) in [5, 5.41) is 0. The molecule has 0 unspecified atom stereocenters. The largest absolute Gasteiger partial charge is 0.279 e. The summed E-state index contributed by atoms with van der Waals surface area (Å²) in [6, 6.07) is 8.48. The average Bonchev–Trinajstić information content (AvgIpc) is 1.83. The molecule has 0 fully saturated rings. The minimum atomic E-state index is 1.43. The second-order valence-electron chi connectivity index (χ2n) is 1.58. The molecular formula is C6H5OP. The van der Waals surface area contributed by atoms with Crippen molar-refractivity contribution >= 4 is 9.12 Å². The molecule has 0 saturated carbocycles. The number of benzene rings is 1. The highest BCUT2D eigenvalue weighted by Gasteiger charge is 2.03. The Kier molecular flexibility index (Phi) is 1.40. The van der Waals surface area contributed by atoms with Gasteiger partial charge in [-0.05, 0) is 11.1 Å². The van der Waals surface area contributed by atoms with Crippen LogP contribution in [0.15, 0.2) is 24.3 Å². The van der Waals surface area contributed by atoms with Crippen molar-refractivity contribution in [3.8, 4) is 11.1 Å². The summed E-state index contributed by atoms with van der Waals surface area (Å²) in [5.41, 5.74) is 2.85. The van der Waals surface area contributed by atoms with E-state index in [4.69, 9.17) is 4.57 Å². The summed E-state index contributed by atoms with van der Waals surface area (Å²) in [4.78, 5) is 0. The zero-order valence-electron chi connectivity index (χ0n) is 4.22. The van der Waals surface area contributed by atoms with E-state index in [1.807, 2.05) is 0 Å². The molecule has 0 amide bonds. The second-order valence-corrected chi connectivity index (χ2v) is 1.58. The van der Waals surface area contributed by atoms with Crippen LogP contribution in [-0.2, 0) is 4.57 Å². The zero-order chi connectivity index (χ0) is 5.98. The molecule has 0 saturated heterocycles. The van der Waals surface area contributed by atoms with Crippen LogP contribution in [0.2, 0.25) is 0 Å². The molecule has 0 aliphatic heterocycles. The van der Waals surface area contributed by atoms with Crippen molar-refractivity contribution < 1.29 is 4.57 Å². The Morgan fingerprint density at radius 3 is 1.12 bits per heavy atom. The lowest BCUT2D eigenvalue weighted by atomic mass is 9.95. The summed E-state index contributed by atoms with van der Waals surface area (Å²) < 4.78 is 8.06. The van der Waals surface area contributed by atoms with Gasteiger partial charge in [0.25, 0.3) is 0 Å². The maximum atomic E-state index is 8.06. The summed E-state index contributed by atoms with van der Waals surface area (Å²) in [7, 11) is 1.72. The van der Waals surface area contributed by atoms with Gasteiger partial charge >= 0.3 is 0 Å². The molecule has 1 nitrogen and oxygen atoms in total. The smallest absolute Gasteiger partial charge is 0.138 e. The second kappa shape index (κ2) is 2.06. The third kappa shape index (κ3) is 0.560. The Morgan fingerprint density at radius 2 is 1.12 bits per heavy atom. The molecule has 0 radical (unpaired) electrons. The standard InChI is InChI=1S/C6H4.HOP/c1-2-6-4-3-5(1)6;1-2/h1-4H;2H. The van der Waals surface area contributed by atoms with Crippen molar-refractivity contribution in [2.24, 2.45) is 0 Å². The molecule has 0 N–H and O–H groups in total. The Bertz CT molecular complexity index is 159. The van der Waals surface area contributed by atoms with Crippen LogP contribution in [0.4, 0.5) is 0 Å². The maximum Gasteiger partial charge on any atom is 0.138 e. The van der Waals surface area contributed by atoms with Gasteiger partial charge in [0.2, 0.25) is 0 Å². The first-order chi connectivity index (χ1) is 3.97. The predicted octanol–water partition coefficient (Wildman–Crippen LogP) is 2.14. The molecule has 0 spiro atoms. The molecule has 0 heterocycles. The minimum Gasteiger partial charge on any atom is -0.279 e. The third-order valence-electron chi connectivity index (χ3n) is 1.22. The molecule has 2 rings (SSSR count). The normalized spacial score (nSPS) is 9.00. The van der Waals surface area contributed by atoms with Gasteiger partial charge in [-0.1, -0.05) is 24.3 Å². The lowest BCUT2D eigenvalue weighted by Crippen LogP contribution is -1.85. The maximum absolute atomic E-state index is 8.06. The van der Waals surface area contributed by atoms with E-state index in [2.05, 4.69) is 24.3 Å². The minimum absolute atomic E-state index is 1.43. The zero-order valence-corrected chi connectivity index (χ0v) is 5.22. The van der Waals surface area contributed by atoms with Gasteiger partial charge in [-0.25, -0.2) is 0 Å². The van der Waals surface area contributed by atoms with Crippen LogP contribution in [0, 0.1) is 0 Å². The van der Waals surface area contributed by atoms with Gasteiger partial charge in [0.05, 0.1) is 0 Å². The van der Waals surface area contributed by atoms with E-state index in [9.17, 15) is 0 Å². The van der Waals surface area contributed by atoms with Crippen LogP contribution in [0.25, 0.3) is 11.1 Å². The van der Waals surface area contributed by atoms with Crippen LogP contribution >= 0.6 is 9.12 Å². The number of fused-ring (bicyclic) bond motifs is 1. The average molecular weight is 124 g/mol. The molecule has 2 aliphatic rings. The predicted molar refractivity (Wildman–Crippen MR) is 34.4 cm³/mol. The van der Waals surface area contributed by atoms with E-state index in [1.54, 1.807) is 9.12 Å². The highest BCUT2D eigenvalue weighted by Crippen LogP contribution is 2.29. The topological polar surface area (TPSA) is 17.1 Å². The SMILES string of the molecule is O=P.c1cc2ccc1-2. The summed E-state index contributed by atoms with van der Waals surface area (Å²) in [6.07, 6.45) is 0. The molecule has 0 bridgehead atoms. The lowest BCUT2D eigenvalue weighted by molar-refractivity contribution is 0.607. The van der Waals surface area contributed by atoms with Gasteiger partial charge in [0, 0.05) is 0 Å². The van der Waals surface area contributed by atoms with Gasteiger partial charge in [-0.3, -0.25) is 4.57 Å². The van der Waals surface area contributed by atoms with Crippen LogP contribution in [0.1, 0.15) is 0 Å². The van der Waals surface area contributed by atoms with Crippen molar-refractivity contribution in [1.82, 2.24) is 0 Å². The van der Waals surface area contributed by atoms with Gasteiger partial charge in [0.15, 0.2) is 0 Å². The number of hydrogen-bond donors (Lipinski definition) is 0. The van der Waals surface area contributed by atoms with E-state index in [0.29, 0.717) is 0 Å². The Morgan fingerprint density at radius 1 is 0.875 bits per heavy atom. The van der Waals surface area contributed by atoms with Crippen molar-refractivity contribution in [1.29, 1.82) is 0 Å². The Balaban J connectivity index is 0.000000147. The monoisotopic (exact) mass is 124 g/mol. The molecule has 2 aliphatic carbocycles. The Labute approximate surface area is 50.0 Å². The summed E-state index contributed by atoms with van der Waals surface area (Å²) in [6.45, 7) is 0. The highest BCUT2D eigenvalue weighted by atomic mass is 31.0. The number of rotatable bonds is 0. The van der Waals surface area contributed by atoms with Crippen LogP contribution in [0.5, 0.6) is 0 Å². The fraction of sp³-hybridized carbons (Fsp3) is 0. The van der Waals surface area contributed by atoms with E-state index in [1.165, 1.54) is 11.1 Å². The molecule has 40 valence electrons. The van der Waals surface area contributed by atoms with Crippen LogP contribution in [0.3, 0.4) is 0 Å². The fourth-order valence-corrected chi connectivity index (χ4v) is 0.663. The quantitative estimate of drug-likeness (QED) is 0.491. The van der Waals surface area contributed by atoms with Gasteiger partial charge in [-0.2, -0.15) is 0 Å². The van der Waals surface area contributed by atoms with E-state index < -0.39 is 0 Å².